The lowest BCUT2D eigenvalue weighted by Crippen LogP contribution is -2.58. The Morgan fingerprint density at radius 3 is 2.03 bits per heavy atom. The molecule has 0 aliphatic carbocycles. The van der Waals surface area contributed by atoms with Crippen LogP contribution >= 0.6 is 22.9 Å². The summed E-state index contributed by atoms with van der Waals surface area (Å²) in [6, 6.07) is 25.0. The number of piperazine rings is 1. The number of methoxy groups -OCH3 is 2. The molecular weight excluding hydrogens is 1980 g/mol. The number of hydrogen-bond donors (Lipinski definition) is 11. The number of aliphatic carboxylic acids is 1. The lowest BCUT2D eigenvalue weighted by Gasteiger charge is -2.42. The van der Waals surface area contributed by atoms with Crippen molar-refractivity contribution in [1.29, 1.82) is 0 Å². The second-order valence-electron chi connectivity index (χ2n) is 34.8. The van der Waals surface area contributed by atoms with Crippen molar-refractivity contribution in [3.05, 3.63) is 178 Å². The molecule has 47 heteroatoms. The van der Waals surface area contributed by atoms with Crippen LogP contribution in [0.1, 0.15) is 67.5 Å². The molecule has 4 atom stereocenters. The molecule has 10 rings (SSSR count). The van der Waals surface area contributed by atoms with Crippen molar-refractivity contribution in [3.8, 4) is 61.8 Å². The number of likely N-dealkylation sites (N-methyl/N-ethyl adjacent to an activating group) is 1. The minimum absolute atomic E-state index is 0.00655. The molecule has 2 aliphatic heterocycles. The van der Waals surface area contributed by atoms with Crippen molar-refractivity contribution >= 4 is 90.7 Å². The van der Waals surface area contributed by atoms with E-state index in [-0.39, 0.29) is 131 Å². The number of carboxylic acids is 1. The van der Waals surface area contributed by atoms with Crippen LogP contribution in [0.5, 0.6) is 28.9 Å². The van der Waals surface area contributed by atoms with Crippen LogP contribution in [0.15, 0.2) is 140 Å². The van der Waals surface area contributed by atoms with Crippen LogP contribution in [-0.4, -0.2) is 347 Å². The Hall–Kier alpha value is -12.2. The summed E-state index contributed by atoms with van der Waals surface area (Å²) in [5, 5.41) is 35.7. The van der Waals surface area contributed by atoms with Gasteiger partial charge < -0.3 is 133 Å². The number of amides is 7. The van der Waals surface area contributed by atoms with E-state index in [4.69, 9.17) is 104 Å². The number of fused-ring (bicyclic) bond motifs is 1. The molecule has 7 amide bonds. The maximum atomic E-state index is 17.0. The molecule has 1 saturated heterocycles. The van der Waals surface area contributed by atoms with Crippen LogP contribution in [0.4, 0.5) is 19.7 Å². The van der Waals surface area contributed by atoms with Crippen LogP contribution < -0.4 is 67.3 Å². The molecule has 5 aromatic carbocycles. The summed E-state index contributed by atoms with van der Waals surface area (Å²) in [5.41, 5.74) is 12.5. The first kappa shape index (κ1) is 117. The van der Waals surface area contributed by atoms with E-state index in [1.807, 2.05) is 18.2 Å². The third-order valence-corrected chi connectivity index (χ3v) is 26.0. The second-order valence-corrected chi connectivity index (χ2v) is 37.7. The summed E-state index contributed by atoms with van der Waals surface area (Å²) in [6.07, 6.45) is 3.36. The Morgan fingerprint density at radius 1 is 0.714 bits per heavy atom. The number of aliphatic hydroxyl groups is 1. The number of quaternary nitrogens is 1. The minimum Gasteiger partial charge on any atom is -0.496 e. The number of thiophene rings is 1. The number of benzene rings is 5. The number of carbonyl (C=O) groups is 7. The summed E-state index contributed by atoms with van der Waals surface area (Å²) < 4.78 is 137. The van der Waals surface area contributed by atoms with Gasteiger partial charge in [-0.2, -0.15) is 8.42 Å². The van der Waals surface area contributed by atoms with Gasteiger partial charge in [0.2, 0.25) is 35.6 Å². The first-order valence-corrected chi connectivity index (χ1v) is 51.0. The van der Waals surface area contributed by atoms with E-state index < -0.39 is 88.0 Å². The van der Waals surface area contributed by atoms with E-state index in [0.29, 0.717) is 219 Å². The molecule has 3 aromatic heterocycles. The number of primary amides is 1. The van der Waals surface area contributed by atoms with Gasteiger partial charge in [-0.15, -0.1) is 11.3 Å². The largest absolute Gasteiger partial charge is 0.496 e. The zero-order chi connectivity index (χ0) is 105. The Morgan fingerprint density at radius 2 is 1.38 bits per heavy atom. The van der Waals surface area contributed by atoms with Gasteiger partial charge in [0.1, 0.15) is 73.1 Å². The van der Waals surface area contributed by atoms with Gasteiger partial charge in [-0.3, -0.25) is 34.5 Å². The van der Waals surface area contributed by atoms with Gasteiger partial charge in [0, 0.05) is 114 Å². The number of halogens is 2. The number of anilines is 1. The van der Waals surface area contributed by atoms with Crippen molar-refractivity contribution in [2.45, 2.75) is 97.0 Å². The van der Waals surface area contributed by atoms with E-state index in [1.165, 1.54) is 65.8 Å². The first-order valence-electron chi connectivity index (χ1n) is 48.2. The third-order valence-electron chi connectivity index (χ3n) is 23.6. The minimum atomic E-state index is -4.09. The number of aliphatic hydroxyl groups excluding tert-OH is 1. The molecule has 43 nitrogen and oxygen atoms in total. The summed E-state index contributed by atoms with van der Waals surface area (Å²) in [7, 11) is 2.59. The summed E-state index contributed by atoms with van der Waals surface area (Å²) >= 11 is 8.57. The van der Waals surface area contributed by atoms with Crippen LogP contribution in [0.3, 0.4) is 0 Å². The first-order chi connectivity index (χ1) is 70.9. The summed E-state index contributed by atoms with van der Waals surface area (Å²) in [4.78, 5) is 118. The quantitative estimate of drug-likeness (QED) is 0.00574. The zero-order valence-corrected chi connectivity index (χ0v) is 86.1. The van der Waals surface area contributed by atoms with Gasteiger partial charge in [0.25, 0.3) is 10.1 Å². The number of urea groups is 1. The number of aromatic nitrogens is 4. The number of rotatable bonds is 69. The molecule has 0 spiro atoms. The van der Waals surface area contributed by atoms with Crippen LogP contribution in [0.25, 0.3) is 43.2 Å². The Kier molecular flexibility index (Phi) is 48.9. The molecule has 802 valence electrons. The molecule has 1 fully saturated rings. The number of nitrogens with two attached hydrogens (primary N) is 2. The van der Waals surface area contributed by atoms with E-state index in [9.17, 15) is 56.7 Å². The SMILES string of the molecule is COCCOCCOCCOCCOCCOCCOCCOCCN/C=C(/COC(=O)N(C)Cc1cc(NC(=O)[C@H](CCCNC(N)=O)NC(=O)[C@@H](NC(=O)CCOCCN2C(=O)C=CC2O)C(C)C)ccc1COc1cc(-c2sc3ncnc(O[C@H](Cc4ccccc4OCc4ccnc(-c5ccccc5OC)n4)C(=O)O)c3c2-c2ccc(OCCN3CC[N+](C)(CCCS(=O)(=O)O)CC3)c(Cl)c2C)ccc1F)NN. The van der Waals surface area contributed by atoms with Crippen molar-refractivity contribution in [3.63, 3.8) is 0 Å². The highest BCUT2D eigenvalue weighted by atomic mass is 35.5. The fourth-order valence-corrected chi connectivity index (χ4v) is 17.3. The maximum Gasteiger partial charge on any atom is 0.410 e. The number of carboxylic acid groups (broad SMARTS) is 1. The lowest BCUT2D eigenvalue weighted by molar-refractivity contribution is -0.913. The van der Waals surface area contributed by atoms with Crippen molar-refractivity contribution in [2.24, 2.45) is 17.5 Å². The highest BCUT2D eigenvalue weighted by Crippen LogP contribution is 2.50. The van der Waals surface area contributed by atoms with Gasteiger partial charge in [-0.1, -0.05) is 74.0 Å². The highest BCUT2D eigenvalue weighted by Gasteiger charge is 2.35. The molecular formula is C100H135ClFN16O27S2+. The van der Waals surface area contributed by atoms with Gasteiger partial charge in [-0.25, -0.2) is 38.7 Å². The van der Waals surface area contributed by atoms with Gasteiger partial charge in [0.05, 0.1) is 179 Å². The molecule has 2 aliphatic rings. The average Bonchev–Trinajstić information content (AvgIpc) is 1.59. The predicted octanol–water partition coefficient (Wildman–Crippen LogP) is 7.60. The average molecular weight is 2110 g/mol. The van der Waals surface area contributed by atoms with E-state index in [2.05, 4.69) is 53.9 Å². The van der Waals surface area contributed by atoms with Crippen molar-refractivity contribution in [2.75, 3.05) is 224 Å². The van der Waals surface area contributed by atoms with Crippen LogP contribution in [-0.2, 0) is 108 Å². The number of nitrogens with one attached hydrogen (secondary N) is 6. The normalized spacial score (nSPS) is 14.3. The second kappa shape index (κ2) is 61.5. The molecule has 0 saturated carbocycles. The van der Waals surface area contributed by atoms with E-state index in [1.54, 1.807) is 102 Å². The van der Waals surface area contributed by atoms with Gasteiger partial charge in [0.15, 0.2) is 17.4 Å². The van der Waals surface area contributed by atoms with Gasteiger partial charge in [-0.05, 0) is 120 Å². The zero-order valence-electron chi connectivity index (χ0n) is 83.7. The topological polar surface area (TPSA) is 538 Å². The maximum absolute atomic E-state index is 17.0. The molecule has 13 N–H and O–H groups in total. The Bertz CT molecular complexity index is 5750. The fraction of sp³-hybridized carbons (Fsp3) is 0.490. The smallest absolute Gasteiger partial charge is 0.410 e. The number of ether oxygens (including phenoxy) is 15. The predicted molar refractivity (Wildman–Crippen MR) is 543 cm³/mol. The molecule has 0 radical (unpaired) electrons. The van der Waals surface area contributed by atoms with E-state index in [0.717, 1.165) is 24.4 Å². The Balaban J connectivity index is 0.871. The summed E-state index contributed by atoms with van der Waals surface area (Å²) in [6.45, 7) is 14.9. The highest BCUT2D eigenvalue weighted by molar-refractivity contribution is 7.85. The van der Waals surface area contributed by atoms with Gasteiger partial charge >= 0.3 is 18.1 Å². The number of hydrogen-bond acceptors (Lipinski definition) is 34. The summed E-state index contributed by atoms with van der Waals surface area (Å²) in [5.74, 6) is 1.79. The molecule has 0 bridgehead atoms. The fourth-order valence-electron chi connectivity index (χ4n) is 15.5. The van der Waals surface area contributed by atoms with E-state index >= 15 is 4.39 Å². The Labute approximate surface area is 862 Å². The van der Waals surface area contributed by atoms with Crippen LogP contribution in [0.2, 0.25) is 5.02 Å². The van der Waals surface area contributed by atoms with Crippen molar-refractivity contribution < 1.29 is 137 Å². The third kappa shape index (κ3) is 38.8. The number of hydrazine groups is 1. The lowest BCUT2D eigenvalue weighted by atomic mass is 9.95. The number of carbonyl (C=O) groups excluding carboxylic acids is 6. The number of para-hydroxylation sites is 2. The molecule has 1 unspecified atom stereocenters. The molecule has 8 aromatic rings. The molecule has 147 heavy (non-hydrogen) atoms. The van der Waals surface area contributed by atoms with Crippen LogP contribution in [0, 0.1) is 18.7 Å². The standard InChI is InChI=1S/C100H134ClFN16O27S2/c1-67(2)91(113-85(119)28-39-133-41-35-117-86(120)25-26-87(117)121)95(123)112-79(16-12-29-107-99(103)126)94(122)111-73-21-19-71(72(58-73)62-115(4)100(127)144-65-75(114-104)61-105-31-40-134-45-46-136-49-50-138-53-54-140-56-55-139-52-51-137-48-47-135-44-43-131-6)63-142-83-60-70(20-23-78(83)102)92-88(76-22-24-82(90(101)68(76)3)141-42-34-116-32-37-118(5,38-33-116)36-13-57-147(128,129)130)89-96(108-66-109-97(89)146-92)145-84(98(124)125)59-69-14-8-10-17-80(69)143-64-74-27-30-106-93(110-74)77-15-9-11-18-81(77)132-7/h8-11,14-15,17-27,30,58,60-61,66-67,79,84,86,91,105,114,120H,12-13,16,28-29,31-57,59,62-65,104H2,1-7H3,(H7-,103,107,111,112,113,119,122,123,124,125,126,128,129,130)/p+1/b75-61-/t79-,84+,86?,91-/m0/s1. The monoisotopic (exact) mass is 2110 g/mol. The van der Waals surface area contributed by atoms with Crippen molar-refractivity contribution in [1.82, 2.24) is 61.3 Å². The number of nitrogens with zero attached hydrogens (tertiary/aromatic N) is 8. The molecule has 5 heterocycles.